The number of fused-ring (bicyclic) bond motifs is 1. The largest absolute Gasteiger partial charge is 0.324 e. The maximum absolute atomic E-state index is 12.6. The second-order valence-electron chi connectivity index (χ2n) is 5.61. The minimum absolute atomic E-state index is 0.0236. The van der Waals surface area contributed by atoms with Crippen LogP contribution in [-0.4, -0.2) is 32.4 Å². The molecule has 3 rings (SSSR count). The fraction of sp³-hybridized carbons (Fsp3) is 0.571. The van der Waals surface area contributed by atoms with Crippen molar-refractivity contribution in [1.82, 2.24) is 4.31 Å². The van der Waals surface area contributed by atoms with Crippen LogP contribution in [0.4, 0.5) is 5.69 Å². The molecule has 0 radical (unpaired) electrons. The predicted octanol–water partition coefficient (Wildman–Crippen LogP) is 1.41. The quantitative estimate of drug-likeness (QED) is 0.917. The highest BCUT2D eigenvalue weighted by Crippen LogP contribution is 2.33. The molecule has 1 aromatic carbocycles. The summed E-state index contributed by atoms with van der Waals surface area (Å²) in [6, 6.07) is 5.85. The number of rotatable bonds is 3. The van der Waals surface area contributed by atoms with Gasteiger partial charge in [-0.25, -0.2) is 0 Å². The van der Waals surface area contributed by atoms with E-state index in [0.29, 0.717) is 19.6 Å². The van der Waals surface area contributed by atoms with Crippen molar-refractivity contribution in [3.63, 3.8) is 0 Å². The maximum atomic E-state index is 12.6. The number of anilines is 1. The monoisotopic (exact) mass is 295 g/mol. The van der Waals surface area contributed by atoms with E-state index in [4.69, 9.17) is 5.73 Å². The highest BCUT2D eigenvalue weighted by molar-refractivity contribution is 7.90. The smallest absolute Gasteiger partial charge is 0.304 e. The summed E-state index contributed by atoms with van der Waals surface area (Å²) in [5.41, 5.74) is 8.85. The lowest BCUT2D eigenvalue weighted by molar-refractivity contribution is 0.474. The number of hydrogen-bond acceptors (Lipinski definition) is 3. The Labute approximate surface area is 120 Å². The molecular weight excluding hydrogens is 274 g/mol. The Morgan fingerprint density at radius 3 is 2.55 bits per heavy atom. The summed E-state index contributed by atoms with van der Waals surface area (Å²) in [4.78, 5) is 0. The van der Waals surface area contributed by atoms with Crippen LogP contribution in [0.5, 0.6) is 0 Å². The van der Waals surface area contributed by atoms with Gasteiger partial charge in [-0.05, 0) is 43.4 Å². The van der Waals surface area contributed by atoms with Crippen LogP contribution >= 0.6 is 0 Å². The standard InChI is InChI=1S/C14H21N3O2S/c1-11(15)12-4-5-14-13(10-12)6-9-17(14)20(18,19)16-7-2-3-8-16/h4-5,10-11H,2-3,6-9,15H2,1H3. The lowest BCUT2D eigenvalue weighted by Gasteiger charge is -2.25. The summed E-state index contributed by atoms with van der Waals surface area (Å²) in [7, 11) is -3.35. The molecule has 0 spiro atoms. The summed E-state index contributed by atoms with van der Waals surface area (Å²) in [6.07, 6.45) is 2.69. The van der Waals surface area contributed by atoms with E-state index in [1.165, 1.54) is 0 Å². The predicted molar refractivity (Wildman–Crippen MR) is 79.8 cm³/mol. The van der Waals surface area contributed by atoms with Crippen LogP contribution in [0.1, 0.15) is 36.9 Å². The minimum Gasteiger partial charge on any atom is -0.324 e. The van der Waals surface area contributed by atoms with Gasteiger partial charge in [-0.3, -0.25) is 4.31 Å². The molecule has 1 fully saturated rings. The van der Waals surface area contributed by atoms with Crippen molar-refractivity contribution in [2.24, 2.45) is 5.73 Å². The van der Waals surface area contributed by atoms with E-state index < -0.39 is 10.2 Å². The average Bonchev–Trinajstić information content (AvgIpc) is 3.07. The third kappa shape index (κ3) is 2.21. The molecule has 2 heterocycles. The second kappa shape index (κ2) is 5.02. The number of hydrogen-bond donors (Lipinski definition) is 1. The molecule has 6 heteroatoms. The molecule has 2 aliphatic heterocycles. The molecule has 1 aromatic rings. The Hall–Kier alpha value is -1.11. The zero-order valence-electron chi connectivity index (χ0n) is 11.7. The summed E-state index contributed by atoms with van der Waals surface area (Å²) in [5, 5.41) is 0. The van der Waals surface area contributed by atoms with E-state index in [9.17, 15) is 8.42 Å². The topological polar surface area (TPSA) is 66.6 Å². The third-order valence-electron chi connectivity index (χ3n) is 4.15. The molecule has 0 saturated carbocycles. The van der Waals surface area contributed by atoms with E-state index in [-0.39, 0.29) is 6.04 Å². The first-order chi connectivity index (χ1) is 9.50. The van der Waals surface area contributed by atoms with Crippen LogP contribution in [0.15, 0.2) is 18.2 Å². The first-order valence-corrected chi connectivity index (χ1v) is 8.56. The van der Waals surface area contributed by atoms with Crippen molar-refractivity contribution in [2.45, 2.75) is 32.2 Å². The molecule has 0 aromatic heterocycles. The molecule has 0 amide bonds. The van der Waals surface area contributed by atoms with E-state index in [2.05, 4.69) is 0 Å². The van der Waals surface area contributed by atoms with Gasteiger partial charge in [-0.15, -0.1) is 0 Å². The molecule has 110 valence electrons. The average molecular weight is 295 g/mol. The highest BCUT2D eigenvalue weighted by Gasteiger charge is 2.35. The Morgan fingerprint density at radius 1 is 1.20 bits per heavy atom. The lowest BCUT2D eigenvalue weighted by Crippen LogP contribution is -2.41. The summed E-state index contributed by atoms with van der Waals surface area (Å²) in [6.45, 7) is 3.77. The number of nitrogens with two attached hydrogens (primary N) is 1. The fourth-order valence-corrected chi connectivity index (χ4v) is 4.72. The van der Waals surface area contributed by atoms with Gasteiger partial charge in [0, 0.05) is 25.7 Å². The molecule has 1 saturated heterocycles. The van der Waals surface area contributed by atoms with Crippen LogP contribution in [0.25, 0.3) is 0 Å². The van der Waals surface area contributed by atoms with E-state index in [1.807, 2.05) is 25.1 Å². The van der Waals surface area contributed by atoms with Gasteiger partial charge in [0.2, 0.25) is 0 Å². The molecule has 1 unspecified atom stereocenters. The fourth-order valence-electron chi connectivity index (χ4n) is 2.97. The molecule has 0 bridgehead atoms. The van der Waals surface area contributed by atoms with Crippen LogP contribution in [-0.2, 0) is 16.6 Å². The zero-order chi connectivity index (χ0) is 14.3. The molecule has 5 nitrogen and oxygen atoms in total. The zero-order valence-corrected chi connectivity index (χ0v) is 12.6. The normalized spacial score (nSPS) is 21.2. The molecular formula is C14H21N3O2S. The van der Waals surface area contributed by atoms with Crippen molar-refractivity contribution in [3.8, 4) is 0 Å². The van der Waals surface area contributed by atoms with Gasteiger partial charge in [0.15, 0.2) is 0 Å². The molecule has 2 N–H and O–H groups in total. The molecule has 2 aliphatic rings. The third-order valence-corrected chi connectivity index (χ3v) is 6.11. The first-order valence-electron chi connectivity index (χ1n) is 7.16. The van der Waals surface area contributed by atoms with E-state index in [0.717, 1.165) is 36.1 Å². The second-order valence-corrected chi connectivity index (χ2v) is 7.47. The van der Waals surface area contributed by atoms with Crippen LogP contribution in [0.2, 0.25) is 0 Å². The van der Waals surface area contributed by atoms with Crippen molar-refractivity contribution < 1.29 is 8.42 Å². The van der Waals surface area contributed by atoms with Crippen molar-refractivity contribution in [2.75, 3.05) is 23.9 Å². The Bertz CT molecular complexity index is 607. The van der Waals surface area contributed by atoms with Gasteiger partial charge in [-0.2, -0.15) is 12.7 Å². The Kier molecular flexibility index (Phi) is 3.48. The molecule has 20 heavy (non-hydrogen) atoms. The van der Waals surface area contributed by atoms with E-state index in [1.54, 1.807) is 8.61 Å². The number of nitrogens with zero attached hydrogens (tertiary/aromatic N) is 2. The maximum Gasteiger partial charge on any atom is 0.304 e. The molecule has 1 atom stereocenters. The van der Waals surface area contributed by atoms with Gasteiger partial charge in [0.1, 0.15) is 0 Å². The van der Waals surface area contributed by atoms with Crippen molar-refractivity contribution >= 4 is 15.9 Å². The van der Waals surface area contributed by atoms with Crippen LogP contribution in [0, 0.1) is 0 Å². The summed E-state index contributed by atoms with van der Waals surface area (Å²) >= 11 is 0. The van der Waals surface area contributed by atoms with Crippen LogP contribution < -0.4 is 10.0 Å². The van der Waals surface area contributed by atoms with Gasteiger partial charge in [0.05, 0.1) is 5.69 Å². The van der Waals surface area contributed by atoms with E-state index >= 15 is 0 Å². The van der Waals surface area contributed by atoms with Crippen LogP contribution in [0.3, 0.4) is 0 Å². The summed E-state index contributed by atoms with van der Waals surface area (Å²) in [5.74, 6) is 0. The first kappa shape index (κ1) is 13.9. The summed E-state index contributed by atoms with van der Waals surface area (Å²) < 4.78 is 28.4. The Morgan fingerprint density at radius 2 is 1.90 bits per heavy atom. The van der Waals surface area contributed by atoms with Crippen molar-refractivity contribution in [1.29, 1.82) is 0 Å². The van der Waals surface area contributed by atoms with Crippen molar-refractivity contribution in [3.05, 3.63) is 29.3 Å². The minimum atomic E-state index is -3.35. The SMILES string of the molecule is CC(N)c1ccc2c(c1)CCN2S(=O)(=O)N1CCCC1. The lowest BCUT2D eigenvalue weighted by atomic mass is 10.0. The van der Waals surface area contributed by atoms with Gasteiger partial charge in [-0.1, -0.05) is 12.1 Å². The van der Waals surface area contributed by atoms with Gasteiger partial charge in [0.25, 0.3) is 0 Å². The number of benzene rings is 1. The van der Waals surface area contributed by atoms with Gasteiger partial charge < -0.3 is 5.73 Å². The highest BCUT2D eigenvalue weighted by atomic mass is 32.2. The molecule has 0 aliphatic carbocycles. The van der Waals surface area contributed by atoms with Gasteiger partial charge >= 0.3 is 10.2 Å². The Balaban J connectivity index is 1.93.